The molecule has 3 N–H and O–H groups in total. The molecule has 0 radical (unpaired) electrons. The average Bonchev–Trinajstić information content (AvgIpc) is 2.46. The Balaban J connectivity index is 2.17. The van der Waals surface area contributed by atoms with Crippen molar-refractivity contribution in [1.82, 2.24) is 4.90 Å². The molecule has 23 heavy (non-hydrogen) atoms. The van der Waals surface area contributed by atoms with Crippen LogP contribution < -0.4 is 11.1 Å². The smallest absolute Gasteiger partial charge is 0.410 e. The van der Waals surface area contributed by atoms with Gasteiger partial charge in [-0.15, -0.1) is 0 Å². The number of anilines is 1. The molecule has 0 bridgehead atoms. The van der Waals surface area contributed by atoms with Crippen molar-refractivity contribution in [3.05, 3.63) is 30.3 Å². The lowest BCUT2D eigenvalue weighted by Crippen LogP contribution is -2.61. The summed E-state index contributed by atoms with van der Waals surface area (Å²) in [6.07, 6.45) is 0.844. The van der Waals surface area contributed by atoms with Gasteiger partial charge in [-0.2, -0.15) is 0 Å². The van der Waals surface area contributed by atoms with Crippen molar-refractivity contribution in [2.75, 3.05) is 18.4 Å². The minimum atomic E-state index is -0.976. The van der Waals surface area contributed by atoms with E-state index < -0.39 is 23.1 Å². The Bertz CT molecular complexity index is 568. The quantitative estimate of drug-likeness (QED) is 0.895. The van der Waals surface area contributed by atoms with E-state index in [1.54, 1.807) is 4.90 Å². The predicted octanol–water partition coefficient (Wildman–Crippen LogP) is 2.35. The molecule has 0 aliphatic carbocycles. The number of nitrogens with zero attached hydrogens (tertiary/aromatic N) is 1. The number of nitrogens with one attached hydrogen (secondary N) is 1. The monoisotopic (exact) mass is 319 g/mol. The standard InChI is InChI=1S/C17H25N3O3/c1-16(2,3)23-15(22)20-11-7-10-17(12-20,14(18)21)19-13-8-5-4-6-9-13/h4-6,8-9,19H,7,10-12H2,1-3H3,(H2,18,21). The van der Waals surface area contributed by atoms with Crippen molar-refractivity contribution in [3.8, 4) is 0 Å². The van der Waals surface area contributed by atoms with Crippen LogP contribution in [0.5, 0.6) is 0 Å². The zero-order chi connectivity index (χ0) is 17.1. The van der Waals surface area contributed by atoms with Crippen LogP contribution >= 0.6 is 0 Å². The van der Waals surface area contributed by atoms with Crippen molar-refractivity contribution >= 4 is 17.7 Å². The van der Waals surface area contributed by atoms with Crippen LogP contribution in [0, 0.1) is 0 Å². The zero-order valence-electron chi connectivity index (χ0n) is 14.0. The molecule has 0 spiro atoms. The number of hydrogen-bond acceptors (Lipinski definition) is 4. The summed E-state index contributed by atoms with van der Waals surface area (Å²) in [6.45, 7) is 6.21. The lowest BCUT2D eigenvalue weighted by Gasteiger charge is -2.41. The van der Waals surface area contributed by atoms with Gasteiger partial charge in [0.1, 0.15) is 11.1 Å². The zero-order valence-corrected chi connectivity index (χ0v) is 14.0. The molecule has 0 saturated carbocycles. The number of hydrogen-bond donors (Lipinski definition) is 2. The summed E-state index contributed by atoms with van der Waals surface area (Å²) < 4.78 is 5.41. The summed E-state index contributed by atoms with van der Waals surface area (Å²) in [5.41, 5.74) is 4.91. The lowest BCUT2D eigenvalue weighted by atomic mass is 9.88. The molecule has 1 atom stereocenters. The third-order valence-corrected chi connectivity index (χ3v) is 3.77. The van der Waals surface area contributed by atoms with E-state index in [1.807, 2.05) is 51.1 Å². The maximum atomic E-state index is 12.3. The number of piperidine rings is 1. The number of primary amides is 1. The van der Waals surface area contributed by atoms with Crippen LogP contribution in [0.1, 0.15) is 33.6 Å². The van der Waals surface area contributed by atoms with E-state index in [0.29, 0.717) is 19.4 Å². The molecule has 1 aromatic carbocycles. The Hall–Kier alpha value is -2.24. The molecule has 6 heteroatoms. The van der Waals surface area contributed by atoms with Gasteiger partial charge in [0.2, 0.25) is 5.91 Å². The number of nitrogens with two attached hydrogens (primary N) is 1. The number of benzene rings is 1. The van der Waals surface area contributed by atoms with E-state index in [-0.39, 0.29) is 6.54 Å². The van der Waals surface area contributed by atoms with E-state index in [0.717, 1.165) is 5.69 Å². The van der Waals surface area contributed by atoms with Gasteiger partial charge in [0.25, 0.3) is 0 Å². The molecule has 1 aromatic rings. The van der Waals surface area contributed by atoms with Gasteiger partial charge < -0.3 is 20.7 Å². The van der Waals surface area contributed by atoms with Crippen LogP contribution in [0.3, 0.4) is 0 Å². The Morgan fingerprint density at radius 3 is 2.48 bits per heavy atom. The summed E-state index contributed by atoms with van der Waals surface area (Å²) in [4.78, 5) is 26.0. The normalized spacial score (nSPS) is 21.6. The van der Waals surface area contributed by atoms with E-state index in [2.05, 4.69) is 5.32 Å². The maximum Gasteiger partial charge on any atom is 0.410 e. The van der Waals surface area contributed by atoms with Gasteiger partial charge in [0.05, 0.1) is 6.54 Å². The number of rotatable bonds is 3. The Morgan fingerprint density at radius 1 is 1.26 bits per heavy atom. The first-order chi connectivity index (χ1) is 10.7. The Kier molecular flexibility index (Phi) is 4.82. The van der Waals surface area contributed by atoms with E-state index >= 15 is 0 Å². The van der Waals surface area contributed by atoms with Crippen molar-refractivity contribution in [3.63, 3.8) is 0 Å². The van der Waals surface area contributed by atoms with Gasteiger partial charge in [0, 0.05) is 12.2 Å². The molecule has 126 valence electrons. The summed E-state index contributed by atoms with van der Waals surface area (Å²) >= 11 is 0. The second kappa shape index (κ2) is 6.48. The highest BCUT2D eigenvalue weighted by Gasteiger charge is 2.43. The highest BCUT2D eigenvalue weighted by Crippen LogP contribution is 2.27. The van der Waals surface area contributed by atoms with Gasteiger partial charge in [-0.1, -0.05) is 18.2 Å². The highest BCUT2D eigenvalue weighted by molar-refractivity contribution is 5.89. The lowest BCUT2D eigenvalue weighted by molar-refractivity contribution is -0.123. The first-order valence-electron chi connectivity index (χ1n) is 7.83. The number of likely N-dealkylation sites (tertiary alicyclic amines) is 1. The number of ether oxygens (including phenoxy) is 1. The largest absolute Gasteiger partial charge is 0.444 e. The molecule has 1 heterocycles. The fourth-order valence-corrected chi connectivity index (χ4v) is 2.70. The minimum absolute atomic E-state index is 0.201. The van der Waals surface area contributed by atoms with Crippen molar-refractivity contribution < 1.29 is 14.3 Å². The predicted molar refractivity (Wildman–Crippen MR) is 89.0 cm³/mol. The van der Waals surface area contributed by atoms with E-state index in [1.165, 1.54) is 0 Å². The fourth-order valence-electron chi connectivity index (χ4n) is 2.70. The summed E-state index contributed by atoms with van der Waals surface area (Å²) in [5, 5.41) is 3.22. The van der Waals surface area contributed by atoms with Crippen LogP contribution in [0.15, 0.2) is 30.3 Å². The Labute approximate surface area is 137 Å². The number of carbonyl (C=O) groups is 2. The van der Waals surface area contributed by atoms with Crippen molar-refractivity contribution in [2.24, 2.45) is 5.73 Å². The van der Waals surface area contributed by atoms with E-state index in [4.69, 9.17) is 10.5 Å². The first-order valence-corrected chi connectivity index (χ1v) is 7.83. The summed E-state index contributed by atoms with van der Waals surface area (Å²) in [7, 11) is 0. The first kappa shape index (κ1) is 17.1. The van der Waals surface area contributed by atoms with Gasteiger partial charge in [-0.05, 0) is 45.7 Å². The average molecular weight is 319 g/mol. The number of amides is 2. The molecule has 1 aliphatic heterocycles. The second-order valence-electron chi connectivity index (χ2n) is 6.94. The van der Waals surface area contributed by atoms with Crippen LogP contribution in [-0.4, -0.2) is 41.1 Å². The molecule has 1 aliphatic rings. The topological polar surface area (TPSA) is 84.7 Å². The van der Waals surface area contributed by atoms with Crippen molar-refractivity contribution in [2.45, 2.75) is 44.8 Å². The molecule has 0 aromatic heterocycles. The molecule has 2 rings (SSSR count). The van der Waals surface area contributed by atoms with E-state index in [9.17, 15) is 9.59 Å². The number of carbonyl (C=O) groups excluding carboxylic acids is 2. The van der Waals surface area contributed by atoms with Crippen molar-refractivity contribution in [1.29, 1.82) is 0 Å². The van der Waals surface area contributed by atoms with Crippen LogP contribution in [0.4, 0.5) is 10.5 Å². The summed E-state index contributed by atoms with van der Waals surface area (Å²) in [5.74, 6) is -0.463. The van der Waals surface area contributed by atoms with Gasteiger partial charge in [-0.25, -0.2) is 4.79 Å². The van der Waals surface area contributed by atoms with Crippen LogP contribution in [0.25, 0.3) is 0 Å². The molecule has 1 saturated heterocycles. The molecule has 6 nitrogen and oxygen atoms in total. The molecule has 1 unspecified atom stereocenters. The maximum absolute atomic E-state index is 12.3. The van der Waals surface area contributed by atoms with Crippen LogP contribution in [0.2, 0.25) is 0 Å². The fraction of sp³-hybridized carbons (Fsp3) is 0.529. The van der Waals surface area contributed by atoms with Gasteiger partial charge >= 0.3 is 6.09 Å². The third-order valence-electron chi connectivity index (χ3n) is 3.77. The Morgan fingerprint density at radius 2 is 1.91 bits per heavy atom. The SMILES string of the molecule is CC(C)(C)OC(=O)N1CCCC(Nc2ccccc2)(C(N)=O)C1. The highest BCUT2D eigenvalue weighted by atomic mass is 16.6. The molecule has 1 fully saturated rings. The summed E-state index contributed by atoms with van der Waals surface area (Å²) in [6, 6.07) is 9.40. The number of para-hydroxylation sites is 1. The molecular formula is C17H25N3O3. The molecular weight excluding hydrogens is 294 g/mol. The van der Waals surface area contributed by atoms with Gasteiger partial charge in [0.15, 0.2) is 0 Å². The third kappa shape index (κ3) is 4.37. The second-order valence-corrected chi connectivity index (χ2v) is 6.94. The molecule has 2 amide bonds. The van der Waals surface area contributed by atoms with Crippen LogP contribution in [-0.2, 0) is 9.53 Å². The minimum Gasteiger partial charge on any atom is -0.444 e. The van der Waals surface area contributed by atoms with Gasteiger partial charge in [-0.3, -0.25) is 4.79 Å².